The number of Topliss-reactive ketones (excluding diaryl/α,β-unsaturated/α-hetero) is 1. The number of hydrogen-bond acceptors (Lipinski definition) is 4. The molecule has 0 fully saturated rings. The highest BCUT2D eigenvalue weighted by atomic mass is 16.5. The Morgan fingerprint density at radius 1 is 0.900 bits per heavy atom. The van der Waals surface area contributed by atoms with Gasteiger partial charge in [0.25, 0.3) is 0 Å². The van der Waals surface area contributed by atoms with E-state index >= 15 is 0 Å². The first kappa shape index (κ1) is 21.5. The fourth-order valence-corrected chi connectivity index (χ4v) is 3.64. The zero-order valence-corrected chi connectivity index (χ0v) is 17.9. The Morgan fingerprint density at radius 2 is 1.43 bits per heavy atom. The first-order chi connectivity index (χ1) is 14.2. The minimum atomic E-state index is -1.07. The Labute approximate surface area is 176 Å². The summed E-state index contributed by atoms with van der Waals surface area (Å²) < 4.78 is 5.74. The Morgan fingerprint density at radius 3 is 1.93 bits per heavy atom. The number of carbonyl (C=O) groups excluding carboxylic acids is 2. The van der Waals surface area contributed by atoms with Crippen molar-refractivity contribution in [1.82, 2.24) is 4.98 Å². The molecule has 3 aromatic rings. The van der Waals surface area contributed by atoms with E-state index in [2.05, 4.69) is 4.98 Å². The minimum Gasteiger partial charge on any atom is -0.444 e. The van der Waals surface area contributed by atoms with Gasteiger partial charge in [-0.1, -0.05) is 59.7 Å². The van der Waals surface area contributed by atoms with Crippen molar-refractivity contribution in [2.75, 3.05) is 0 Å². The van der Waals surface area contributed by atoms with Crippen molar-refractivity contribution in [2.24, 2.45) is 0 Å². The molecule has 1 aromatic heterocycles. The van der Waals surface area contributed by atoms with Crippen LogP contribution in [0.2, 0.25) is 0 Å². The smallest absolute Gasteiger partial charge is 0.356 e. The van der Waals surface area contributed by atoms with E-state index in [4.69, 9.17) is 4.74 Å². The van der Waals surface area contributed by atoms with Crippen molar-refractivity contribution in [2.45, 2.75) is 46.8 Å². The molecule has 0 unspecified atom stereocenters. The number of benzene rings is 2. The summed E-state index contributed by atoms with van der Waals surface area (Å²) in [4.78, 5) is 29.3. The molecule has 0 spiro atoms. The molecule has 2 atom stereocenters. The lowest BCUT2D eigenvalue weighted by molar-refractivity contribution is 0.0274. The number of carbonyl (C=O) groups is 2. The summed E-state index contributed by atoms with van der Waals surface area (Å²) in [6.07, 6.45) is -1.79. The highest BCUT2D eigenvalue weighted by molar-refractivity contribution is 6.02. The van der Waals surface area contributed by atoms with E-state index in [0.29, 0.717) is 27.9 Å². The number of aliphatic hydroxyl groups excluding tert-OH is 1. The summed E-state index contributed by atoms with van der Waals surface area (Å²) in [5.41, 5.74) is 5.40. The second-order valence-corrected chi connectivity index (χ2v) is 7.77. The number of aliphatic hydroxyl groups is 1. The molecular formula is C25H27NO4. The van der Waals surface area contributed by atoms with E-state index in [1.165, 1.54) is 0 Å². The van der Waals surface area contributed by atoms with Crippen LogP contribution in [-0.2, 0) is 4.74 Å². The van der Waals surface area contributed by atoms with Gasteiger partial charge in [-0.15, -0.1) is 0 Å². The molecule has 0 amide bonds. The summed E-state index contributed by atoms with van der Waals surface area (Å²) >= 11 is 0. The Bertz CT molecular complexity index is 1060. The third kappa shape index (κ3) is 4.36. The van der Waals surface area contributed by atoms with Crippen molar-refractivity contribution in [1.29, 1.82) is 0 Å². The van der Waals surface area contributed by atoms with Gasteiger partial charge < -0.3 is 14.8 Å². The summed E-state index contributed by atoms with van der Waals surface area (Å²) in [7, 11) is 0. The van der Waals surface area contributed by atoms with Gasteiger partial charge in [0.15, 0.2) is 6.10 Å². The van der Waals surface area contributed by atoms with Gasteiger partial charge in [-0.3, -0.25) is 4.79 Å². The van der Waals surface area contributed by atoms with Gasteiger partial charge in [0.1, 0.15) is 5.69 Å². The molecule has 5 nitrogen and oxygen atoms in total. The zero-order valence-electron chi connectivity index (χ0n) is 17.9. The molecular weight excluding hydrogens is 378 g/mol. The third-order valence-corrected chi connectivity index (χ3v) is 5.30. The van der Waals surface area contributed by atoms with E-state index in [1.807, 2.05) is 38.1 Å². The number of aryl methyl sites for hydroxylation is 3. The van der Waals surface area contributed by atoms with E-state index in [1.54, 1.807) is 45.0 Å². The molecule has 5 heteroatoms. The second-order valence-electron chi connectivity index (χ2n) is 7.77. The Hall–Kier alpha value is -3.18. The minimum absolute atomic E-state index is 0.247. The van der Waals surface area contributed by atoms with E-state index in [0.717, 1.165) is 11.1 Å². The quantitative estimate of drug-likeness (QED) is 0.443. The Kier molecular flexibility index (Phi) is 6.22. The standard InChI is InChI=1S/C25H27NO4/c1-14-6-10-19(11-7-14)23(28)24(20-12-8-15(2)9-13-20)30-25(29)22-16(3)21(18(5)27)17(4)26-22/h6-13,18,24,26-27H,1-5H3/t18-,24-/m1/s1. The lowest BCUT2D eigenvalue weighted by Gasteiger charge is -2.18. The fraction of sp³-hybridized carbons (Fsp3) is 0.280. The molecule has 2 N–H and O–H groups in total. The van der Waals surface area contributed by atoms with E-state index in [-0.39, 0.29) is 11.5 Å². The van der Waals surface area contributed by atoms with Crippen molar-refractivity contribution < 1.29 is 19.4 Å². The maximum absolute atomic E-state index is 13.2. The predicted octanol–water partition coefficient (Wildman–Crippen LogP) is 5.08. The van der Waals surface area contributed by atoms with Crippen molar-refractivity contribution in [3.8, 4) is 0 Å². The number of H-pyrrole nitrogens is 1. The fourth-order valence-electron chi connectivity index (χ4n) is 3.64. The van der Waals surface area contributed by atoms with Gasteiger partial charge in [0.2, 0.25) is 5.78 Å². The molecule has 156 valence electrons. The summed E-state index contributed by atoms with van der Waals surface area (Å²) in [6, 6.07) is 14.6. The maximum Gasteiger partial charge on any atom is 0.356 e. The number of rotatable bonds is 6. The molecule has 0 saturated carbocycles. The zero-order chi connectivity index (χ0) is 22.0. The number of esters is 1. The van der Waals surface area contributed by atoms with Crippen molar-refractivity contribution in [3.05, 3.63) is 93.3 Å². The molecule has 0 bridgehead atoms. The van der Waals surface area contributed by atoms with E-state index < -0.39 is 18.2 Å². The molecule has 30 heavy (non-hydrogen) atoms. The van der Waals surface area contributed by atoms with Gasteiger partial charge in [0, 0.05) is 22.4 Å². The van der Waals surface area contributed by atoms with Crippen LogP contribution >= 0.6 is 0 Å². The highest BCUT2D eigenvalue weighted by Gasteiger charge is 2.29. The van der Waals surface area contributed by atoms with Crippen LogP contribution in [-0.4, -0.2) is 21.8 Å². The topological polar surface area (TPSA) is 79.4 Å². The largest absolute Gasteiger partial charge is 0.444 e. The molecule has 0 radical (unpaired) electrons. The summed E-state index contributed by atoms with van der Waals surface area (Å²) in [5, 5.41) is 10.00. The Balaban J connectivity index is 1.98. The SMILES string of the molecule is Cc1ccc(C(=O)[C@H](OC(=O)c2[nH]c(C)c([C@@H](C)O)c2C)c2ccc(C)cc2)cc1. The van der Waals surface area contributed by atoms with Crippen LogP contribution in [0.4, 0.5) is 0 Å². The summed E-state index contributed by atoms with van der Waals surface area (Å²) in [5.74, 6) is -0.919. The van der Waals surface area contributed by atoms with Gasteiger partial charge in [-0.25, -0.2) is 4.79 Å². The molecule has 2 aromatic carbocycles. The van der Waals surface area contributed by atoms with Crippen LogP contribution in [0.1, 0.15) is 73.5 Å². The van der Waals surface area contributed by atoms with Crippen LogP contribution in [0.15, 0.2) is 48.5 Å². The van der Waals surface area contributed by atoms with Crippen LogP contribution in [0.3, 0.4) is 0 Å². The molecule has 1 heterocycles. The first-order valence-electron chi connectivity index (χ1n) is 9.94. The van der Waals surface area contributed by atoms with Gasteiger partial charge in [-0.2, -0.15) is 0 Å². The van der Waals surface area contributed by atoms with E-state index in [9.17, 15) is 14.7 Å². The molecule has 0 saturated heterocycles. The number of ketones is 1. The number of ether oxygens (including phenoxy) is 1. The van der Waals surface area contributed by atoms with Crippen LogP contribution in [0, 0.1) is 27.7 Å². The maximum atomic E-state index is 13.2. The second kappa shape index (κ2) is 8.67. The van der Waals surface area contributed by atoms with Crippen molar-refractivity contribution in [3.63, 3.8) is 0 Å². The molecule has 3 rings (SSSR count). The highest BCUT2D eigenvalue weighted by Crippen LogP contribution is 2.28. The number of hydrogen-bond donors (Lipinski definition) is 2. The number of nitrogens with one attached hydrogen (secondary N) is 1. The van der Waals surface area contributed by atoms with Gasteiger partial charge in [0.05, 0.1) is 6.10 Å². The molecule has 0 aliphatic carbocycles. The van der Waals surface area contributed by atoms with Gasteiger partial charge in [-0.05, 0) is 40.2 Å². The first-order valence-corrected chi connectivity index (χ1v) is 9.94. The molecule has 0 aliphatic rings. The monoisotopic (exact) mass is 405 g/mol. The van der Waals surface area contributed by atoms with Crippen molar-refractivity contribution >= 4 is 11.8 Å². The lowest BCUT2D eigenvalue weighted by atomic mass is 9.98. The normalized spacial score (nSPS) is 13.0. The number of aromatic amines is 1. The number of aromatic nitrogens is 1. The summed E-state index contributed by atoms with van der Waals surface area (Å²) in [6.45, 7) is 9.09. The predicted molar refractivity (Wildman–Crippen MR) is 116 cm³/mol. The van der Waals surface area contributed by atoms with Crippen LogP contribution in [0.5, 0.6) is 0 Å². The molecule has 0 aliphatic heterocycles. The average molecular weight is 405 g/mol. The van der Waals surface area contributed by atoms with Crippen LogP contribution < -0.4 is 0 Å². The van der Waals surface area contributed by atoms with Gasteiger partial charge >= 0.3 is 5.97 Å². The average Bonchev–Trinajstić information content (AvgIpc) is 3.01. The van der Waals surface area contributed by atoms with Crippen LogP contribution in [0.25, 0.3) is 0 Å². The lowest BCUT2D eigenvalue weighted by Crippen LogP contribution is -2.21. The third-order valence-electron chi connectivity index (χ3n) is 5.30.